The van der Waals surface area contributed by atoms with Crippen molar-refractivity contribution < 1.29 is 18.4 Å². The average molecular weight is 343 g/mol. The first-order chi connectivity index (χ1) is 10.4. The van der Waals surface area contributed by atoms with E-state index in [4.69, 9.17) is 11.6 Å². The molecule has 1 atom stereocenters. The Morgan fingerprint density at radius 1 is 1.36 bits per heavy atom. The molecule has 0 N–H and O–H groups in total. The van der Waals surface area contributed by atoms with Crippen molar-refractivity contribution >= 4 is 22.9 Å². The van der Waals surface area contributed by atoms with Crippen LogP contribution in [0, 0.1) is 0 Å². The topological polar surface area (TPSA) is 71.7 Å². The molecule has 0 saturated carbocycles. The monoisotopic (exact) mass is 342 g/mol. The zero-order chi connectivity index (χ0) is 15.7. The lowest BCUT2D eigenvalue weighted by Gasteiger charge is -2.06. The second-order valence-corrected chi connectivity index (χ2v) is 5.53. The number of aromatic nitrogens is 3. The minimum absolute atomic E-state index is 0.0670. The summed E-state index contributed by atoms with van der Waals surface area (Å²) in [5.74, 6) is -1.06. The maximum Gasteiger partial charge on any atom is 0.400 e. The lowest BCUT2D eigenvalue weighted by Crippen LogP contribution is -2.03. The van der Waals surface area contributed by atoms with Crippen LogP contribution in [0.4, 0.5) is 8.78 Å². The number of hydrogen-bond donors (Lipinski definition) is 0. The van der Waals surface area contributed by atoms with Gasteiger partial charge in [-0.1, -0.05) is 23.4 Å². The fourth-order valence-corrected chi connectivity index (χ4v) is 2.46. The van der Waals surface area contributed by atoms with E-state index in [0.29, 0.717) is 16.8 Å². The quantitative estimate of drug-likeness (QED) is 0.672. The lowest BCUT2D eigenvalue weighted by molar-refractivity contribution is 0.0551. The van der Waals surface area contributed by atoms with Crippen LogP contribution in [-0.4, -0.2) is 15.1 Å². The largest absolute Gasteiger partial charge is 0.400 e. The Morgan fingerprint density at radius 2 is 2.18 bits per heavy atom. The standard InChI is InChI=1S/C13H7ClF2N3O2S/c14-13(15,16)12-18-11(19-21-12)8-3-1-2-7(4-8)10(20)9-5-22-6-17-9/h1-6,10H. The highest BCUT2D eigenvalue weighted by Crippen LogP contribution is 2.32. The molecule has 2 heterocycles. The summed E-state index contributed by atoms with van der Waals surface area (Å²) in [5.41, 5.74) is 2.76. The summed E-state index contributed by atoms with van der Waals surface area (Å²) in [6, 6.07) is 6.32. The van der Waals surface area contributed by atoms with Gasteiger partial charge in [0.25, 0.3) is 0 Å². The molecule has 2 aromatic heterocycles. The zero-order valence-corrected chi connectivity index (χ0v) is 12.3. The van der Waals surface area contributed by atoms with Crippen LogP contribution in [0.5, 0.6) is 0 Å². The van der Waals surface area contributed by atoms with Gasteiger partial charge in [-0.25, -0.2) is 10.1 Å². The van der Waals surface area contributed by atoms with Crippen LogP contribution < -0.4 is 0 Å². The molecule has 0 aliphatic heterocycles. The van der Waals surface area contributed by atoms with Crippen LogP contribution in [0.2, 0.25) is 0 Å². The molecule has 0 fully saturated rings. The smallest absolute Gasteiger partial charge is 0.331 e. The van der Waals surface area contributed by atoms with E-state index >= 15 is 0 Å². The number of alkyl halides is 3. The Bertz CT molecular complexity index is 774. The van der Waals surface area contributed by atoms with Crippen molar-refractivity contribution in [2.75, 3.05) is 0 Å². The first-order valence-electron chi connectivity index (χ1n) is 6.00. The minimum atomic E-state index is -3.73. The molecule has 0 aliphatic carbocycles. The highest BCUT2D eigenvalue weighted by Gasteiger charge is 2.35. The van der Waals surface area contributed by atoms with Crippen LogP contribution in [0.3, 0.4) is 0 Å². The molecule has 9 heteroatoms. The van der Waals surface area contributed by atoms with Gasteiger partial charge in [0.05, 0.1) is 11.2 Å². The number of hydrogen-bond acceptors (Lipinski definition) is 5. The van der Waals surface area contributed by atoms with Crippen molar-refractivity contribution in [3.8, 4) is 11.4 Å². The van der Waals surface area contributed by atoms with E-state index in [-0.39, 0.29) is 5.82 Å². The molecule has 0 spiro atoms. The van der Waals surface area contributed by atoms with E-state index in [9.17, 15) is 13.9 Å². The van der Waals surface area contributed by atoms with Gasteiger partial charge in [-0.15, -0.1) is 11.3 Å². The van der Waals surface area contributed by atoms with Gasteiger partial charge in [-0.2, -0.15) is 13.8 Å². The fraction of sp³-hybridized carbons (Fsp3) is 0.154. The third-order valence-corrected chi connectivity index (χ3v) is 3.60. The third-order valence-electron chi connectivity index (χ3n) is 2.84. The molecule has 1 unspecified atom stereocenters. The predicted octanol–water partition coefficient (Wildman–Crippen LogP) is 4.00. The maximum absolute atomic E-state index is 12.9. The van der Waals surface area contributed by atoms with E-state index in [1.165, 1.54) is 17.4 Å². The van der Waals surface area contributed by atoms with Crippen LogP contribution in [-0.2, 0) is 10.5 Å². The molecule has 0 bridgehead atoms. The molecular weight excluding hydrogens is 336 g/mol. The number of benzene rings is 1. The second kappa shape index (κ2) is 5.71. The summed E-state index contributed by atoms with van der Waals surface area (Å²) in [6.07, 6.45) is -1.17. The SMILES string of the molecule is [O]C(c1cccc(-c2noc(C(F)(F)Cl)n2)c1)c1cscn1. The lowest BCUT2D eigenvalue weighted by atomic mass is 10.0. The maximum atomic E-state index is 12.9. The minimum Gasteiger partial charge on any atom is -0.331 e. The van der Waals surface area contributed by atoms with Crippen LogP contribution >= 0.6 is 22.9 Å². The second-order valence-electron chi connectivity index (χ2n) is 4.34. The van der Waals surface area contributed by atoms with Gasteiger partial charge in [-0.05, 0) is 23.2 Å². The number of thiazole rings is 1. The van der Waals surface area contributed by atoms with E-state index in [1.807, 2.05) is 0 Å². The number of halogens is 3. The van der Waals surface area contributed by atoms with Crippen LogP contribution in [0.1, 0.15) is 23.3 Å². The molecular formula is C13H7ClF2N3O2S. The fourth-order valence-electron chi connectivity index (χ4n) is 1.82. The van der Waals surface area contributed by atoms with Crippen LogP contribution in [0.25, 0.3) is 11.4 Å². The summed E-state index contributed by atoms with van der Waals surface area (Å²) < 4.78 is 30.2. The van der Waals surface area contributed by atoms with Gasteiger partial charge in [0.2, 0.25) is 5.82 Å². The molecule has 3 rings (SSSR count). The molecule has 1 aromatic carbocycles. The van der Waals surface area contributed by atoms with Gasteiger partial charge in [0, 0.05) is 10.9 Å². The summed E-state index contributed by atoms with van der Waals surface area (Å²) in [5, 5.41) is 13.7. The van der Waals surface area contributed by atoms with E-state index in [0.717, 1.165) is 0 Å². The molecule has 0 aliphatic rings. The molecule has 0 amide bonds. The third kappa shape index (κ3) is 2.99. The summed E-state index contributed by atoms with van der Waals surface area (Å²) in [4.78, 5) is 7.51. The number of rotatable bonds is 4. The Kier molecular flexibility index (Phi) is 3.90. The molecule has 0 saturated heterocycles. The molecule has 22 heavy (non-hydrogen) atoms. The first-order valence-corrected chi connectivity index (χ1v) is 7.32. The highest BCUT2D eigenvalue weighted by molar-refractivity contribution is 7.07. The summed E-state index contributed by atoms with van der Waals surface area (Å²) in [6.45, 7) is 0. The molecule has 1 radical (unpaired) electrons. The molecule has 3 aromatic rings. The van der Waals surface area contributed by atoms with Crippen molar-refractivity contribution in [1.82, 2.24) is 15.1 Å². The van der Waals surface area contributed by atoms with E-state index in [2.05, 4.69) is 19.6 Å². The Balaban J connectivity index is 1.93. The number of nitrogens with zero attached hydrogens (tertiary/aromatic N) is 3. The van der Waals surface area contributed by atoms with Crippen molar-refractivity contribution in [3.05, 3.63) is 52.3 Å². The van der Waals surface area contributed by atoms with Gasteiger partial charge in [-0.3, -0.25) is 0 Å². The van der Waals surface area contributed by atoms with E-state index in [1.54, 1.807) is 29.1 Å². The van der Waals surface area contributed by atoms with Gasteiger partial charge in [0.1, 0.15) is 0 Å². The summed E-state index contributed by atoms with van der Waals surface area (Å²) in [7, 11) is 0. The van der Waals surface area contributed by atoms with Crippen LogP contribution in [0.15, 0.2) is 39.7 Å². The first kappa shape index (κ1) is 15.0. The van der Waals surface area contributed by atoms with Crippen molar-refractivity contribution in [2.45, 2.75) is 11.5 Å². The average Bonchev–Trinajstić information content (AvgIpc) is 3.17. The predicted molar refractivity (Wildman–Crippen MR) is 74.1 cm³/mol. The zero-order valence-electron chi connectivity index (χ0n) is 10.7. The Hall–Kier alpha value is -1.90. The molecule has 5 nitrogen and oxygen atoms in total. The van der Waals surface area contributed by atoms with Crippen molar-refractivity contribution in [2.24, 2.45) is 0 Å². The van der Waals surface area contributed by atoms with Gasteiger partial charge >= 0.3 is 11.3 Å². The molecule has 113 valence electrons. The van der Waals surface area contributed by atoms with Crippen molar-refractivity contribution in [3.63, 3.8) is 0 Å². The Labute approximate surface area is 132 Å². The summed E-state index contributed by atoms with van der Waals surface area (Å²) >= 11 is 6.14. The normalized spacial score (nSPS) is 13.3. The van der Waals surface area contributed by atoms with Gasteiger partial charge in [0.15, 0.2) is 6.10 Å². The van der Waals surface area contributed by atoms with Gasteiger partial charge < -0.3 is 4.52 Å². The highest BCUT2D eigenvalue weighted by atomic mass is 35.5. The Morgan fingerprint density at radius 3 is 2.82 bits per heavy atom. The van der Waals surface area contributed by atoms with Crippen molar-refractivity contribution in [1.29, 1.82) is 0 Å². The van der Waals surface area contributed by atoms with E-state index < -0.39 is 17.4 Å².